The maximum atomic E-state index is 12.2. The van der Waals surface area contributed by atoms with E-state index in [9.17, 15) is 14.7 Å². The van der Waals surface area contributed by atoms with Crippen LogP contribution >= 0.6 is 0 Å². The van der Waals surface area contributed by atoms with Crippen molar-refractivity contribution in [3.8, 4) is 0 Å². The Kier molecular flexibility index (Phi) is 10.8. The van der Waals surface area contributed by atoms with Crippen LogP contribution < -0.4 is 10.8 Å². The predicted octanol–water partition coefficient (Wildman–Crippen LogP) is 4.47. The molecule has 40 heavy (non-hydrogen) atoms. The lowest BCUT2D eigenvalue weighted by Crippen LogP contribution is -2.37. The molecule has 4 rings (SSSR count). The topological polar surface area (TPSA) is 120 Å². The Labute approximate surface area is 234 Å². The molecule has 1 heterocycles. The minimum atomic E-state index is -0.590. The van der Waals surface area contributed by atoms with Crippen molar-refractivity contribution in [1.29, 1.82) is 0 Å². The number of anilines is 1. The molecule has 3 atom stereocenters. The Morgan fingerprint density at radius 3 is 2.23 bits per heavy atom. The molecule has 0 saturated carbocycles. The Bertz CT molecular complexity index is 1220. The van der Waals surface area contributed by atoms with Crippen LogP contribution in [0.5, 0.6) is 0 Å². The maximum Gasteiger partial charge on any atom is 0.243 e. The Morgan fingerprint density at radius 2 is 1.55 bits per heavy atom. The van der Waals surface area contributed by atoms with Gasteiger partial charge in [-0.2, -0.15) is 0 Å². The van der Waals surface area contributed by atoms with E-state index in [0.717, 1.165) is 29.8 Å². The third-order valence-electron chi connectivity index (χ3n) is 6.82. The minimum absolute atomic E-state index is 0.00861. The molecule has 0 spiro atoms. The molecule has 1 saturated heterocycles. The van der Waals surface area contributed by atoms with Crippen LogP contribution in [0, 0.1) is 0 Å². The highest BCUT2D eigenvalue weighted by Gasteiger charge is 2.32. The molecule has 0 unspecified atom stereocenters. The normalized spacial score (nSPS) is 18.9. The number of rotatable bonds is 12. The summed E-state index contributed by atoms with van der Waals surface area (Å²) in [5.41, 5.74) is 6.14. The van der Waals surface area contributed by atoms with Gasteiger partial charge in [0.1, 0.15) is 0 Å². The predicted molar refractivity (Wildman–Crippen MR) is 150 cm³/mol. The van der Waals surface area contributed by atoms with E-state index in [2.05, 4.69) is 29.4 Å². The van der Waals surface area contributed by atoms with Crippen LogP contribution in [-0.4, -0.2) is 46.7 Å². The molecular formula is C31H37N3O6. The standard InChI is InChI=1S/C31H37N3O6/c1-34(19-22-6-3-2-4-7-22)20-27-18-28(24-12-10-23(21-35)11-13-24)40-31(39-27)25-14-16-26(17-15-25)32-29(36)8-5-9-30(37)33-38/h2-4,6-7,10-17,27-28,31,35,38H,5,8-9,18-21H2,1H3,(H,32,36)(H,33,37)/t27-,28+,31+/m1/s1. The lowest BCUT2D eigenvalue weighted by atomic mass is 9.99. The average molecular weight is 548 g/mol. The van der Waals surface area contributed by atoms with Gasteiger partial charge in [0.05, 0.1) is 18.8 Å². The van der Waals surface area contributed by atoms with E-state index in [4.69, 9.17) is 14.7 Å². The maximum absolute atomic E-state index is 12.2. The number of carbonyl (C=O) groups is 2. The molecule has 0 bridgehead atoms. The Hall–Kier alpha value is -3.60. The molecule has 1 aliphatic heterocycles. The third-order valence-corrected chi connectivity index (χ3v) is 6.82. The molecule has 0 aliphatic carbocycles. The highest BCUT2D eigenvalue weighted by Crippen LogP contribution is 2.38. The van der Waals surface area contributed by atoms with Crippen molar-refractivity contribution in [2.24, 2.45) is 0 Å². The SMILES string of the molecule is CN(Cc1ccccc1)C[C@H]1C[C@@H](c2ccc(CO)cc2)O[C@@H](c2ccc(NC(=O)CCCC(=O)NO)cc2)O1. The zero-order chi connectivity index (χ0) is 28.3. The fourth-order valence-electron chi connectivity index (χ4n) is 4.75. The van der Waals surface area contributed by atoms with E-state index in [1.54, 1.807) is 17.6 Å². The van der Waals surface area contributed by atoms with E-state index in [-0.39, 0.29) is 37.6 Å². The quantitative estimate of drug-likeness (QED) is 0.195. The van der Waals surface area contributed by atoms with Crippen LogP contribution in [0.15, 0.2) is 78.9 Å². The van der Waals surface area contributed by atoms with Gasteiger partial charge in [0.2, 0.25) is 11.8 Å². The van der Waals surface area contributed by atoms with Gasteiger partial charge in [-0.1, -0.05) is 66.7 Å². The largest absolute Gasteiger partial charge is 0.392 e. The van der Waals surface area contributed by atoms with Crippen molar-refractivity contribution in [2.45, 2.75) is 57.3 Å². The number of carbonyl (C=O) groups excluding carboxylic acids is 2. The minimum Gasteiger partial charge on any atom is -0.392 e. The molecule has 4 N–H and O–H groups in total. The van der Waals surface area contributed by atoms with E-state index in [1.807, 2.05) is 54.6 Å². The first-order valence-corrected chi connectivity index (χ1v) is 13.5. The second-order valence-electron chi connectivity index (χ2n) is 10.1. The molecule has 0 aromatic heterocycles. The number of benzene rings is 3. The summed E-state index contributed by atoms with van der Waals surface area (Å²) >= 11 is 0. The van der Waals surface area contributed by atoms with Crippen molar-refractivity contribution < 1.29 is 29.4 Å². The molecule has 9 heteroatoms. The van der Waals surface area contributed by atoms with Crippen LogP contribution in [0.3, 0.4) is 0 Å². The van der Waals surface area contributed by atoms with Gasteiger partial charge in [0.25, 0.3) is 0 Å². The molecule has 0 radical (unpaired) electrons. The summed E-state index contributed by atoms with van der Waals surface area (Å²) in [4.78, 5) is 25.6. The van der Waals surface area contributed by atoms with Crippen LogP contribution in [0.2, 0.25) is 0 Å². The summed E-state index contributed by atoms with van der Waals surface area (Å²) < 4.78 is 12.9. The van der Waals surface area contributed by atoms with Gasteiger partial charge in [0.15, 0.2) is 6.29 Å². The van der Waals surface area contributed by atoms with Crippen molar-refractivity contribution in [3.63, 3.8) is 0 Å². The number of likely N-dealkylation sites (N-methyl/N-ethyl adjacent to an activating group) is 1. The van der Waals surface area contributed by atoms with Gasteiger partial charge in [-0.3, -0.25) is 19.7 Å². The van der Waals surface area contributed by atoms with Gasteiger partial charge in [-0.25, -0.2) is 5.48 Å². The smallest absolute Gasteiger partial charge is 0.243 e. The van der Waals surface area contributed by atoms with Gasteiger partial charge in [-0.05, 0) is 42.3 Å². The summed E-state index contributed by atoms with van der Waals surface area (Å²) in [5, 5.41) is 20.8. The summed E-state index contributed by atoms with van der Waals surface area (Å²) in [5.74, 6) is -0.728. The van der Waals surface area contributed by atoms with E-state index >= 15 is 0 Å². The van der Waals surface area contributed by atoms with Gasteiger partial charge in [-0.15, -0.1) is 0 Å². The number of nitrogens with zero attached hydrogens (tertiary/aromatic N) is 1. The molecule has 1 fully saturated rings. The first-order chi connectivity index (χ1) is 19.4. The molecule has 1 aliphatic rings. The van der Waals surface area contributed by atoms with Crippen LogP contribution in [-0.2, 0) is 32.2 Å². The molecule has 2 amide bonds. The highest BCUT2D eigenvalue weighted by atomic mass is 16.7. The van der Waals surface area contributed by atoms with Gasteiger partial charge < -0.3 is 19.9 Å². The first kappa shape index (κ1) is 29.4. The van der Waals surface area contributed by atoms with Crippen molar-refractivity contribution in [2.75, 3.05) is 18.9 Å². The number of aliphatic hydroxyl groups excluding tert-OH is 1. The average Bonchev–Trinajstić information content (AvgIpc) is 2.97. The fourth-order valence-corrected chi connectivity index (χ4v) is 4.75. The second-order valence-corrected chi connectivity index (χ2v) is 10.1. The number of nitrogens with one attached hydrogen (secondary N) is 2. The number of hydroxylamine groups is 1. The molecule has 212 valence electrons. The monoisotopic (exact) mass is 547 g/mol. The summed E-state index contributed by atoms with van der Waals surface area (Å²) in [6.45, 7) is 1.52. The lowest BCUT2D eigenvalue weighted by Gasteiger charge is -2.38. The second kappa shape index (κ2) is 14.7. The van der Waals surface area contributed by atoms with Crippen molar-refractivity contribution >= 4 is 17.5 Å². The van der Waals surface area contributed by atoms with E-state index in [1.165, 1.54) is 5.56 Å². The Balaban J connectivity index is 1.42. The zero-order valence-corrected chi connectivity index (χ0v) is 22.7. The fraction of sp³-hybridized carbons (Fsp3) is 0.355. The highest BCUT2D eigenvalue weighted by molar-refractivity contribution is 5.91. The Morgan fingerprint density at radius 1 is 0.875 bits per heavy atom. The molecule has 3 aromatic carbocycles. The van der Waals surface area contributed by atoms with Crippen LogP contribution in [0.4, 0.5) is 5.69 Å². The van der Waals surface area contributed by atoms with E-state index < -0.39 is 12.2 Å². The number of hydrogen-bond donors (Lipinski definition) is 4. The third kappa shape index (κ3) is 8.70. The van der Waals surface area contributed by atoms with Crippen molar-refractivity contribution in [3.05, 3.63) is 101 Å². The summed E-state index contributed by atoms with van der Waals surface area (Å²) in [7, 11) is 2.08. The van der Waals surface area contributed by atoms with E-state index in [0.29, 0.717) is 18.5 Å². The number of ether oxygens (including phenoxy) is 2. The molecular weight excluding hydrogens is 510 g/mol. The van der Waals surface area contributed by atoms with Gasteiger partial charge >= 0.3 is 0 Å². The molecule has 3 aromatic rings. The molecule has 9 nitrogen and oxygen atoms in total. The van der Waals surface area contributed by atoms with Crippen LogP contribution in [0.1, 0.15) is 60.3 Å². The summed E-state index contributed by atoms with van der Waals surface area (Å²) in [6.07, 6.45) is 0.414. The number of amides is 2. The number of hydrogen-bond acceptors (Lipinski definition) is 7. The first-order valence-electron chi connectivity index (χ1n) is 13.5. The number of aliphatic hydroxyl groups is 1. The van der Waals surface area contributed by atoms with Crippen LogP contribution in [0.25, 0.3) is 0 Å². The summed E-state index contributed by atoms with van der Waals surface area (Å²) in [6, 6.07) is 25.5. The van der Waals surface area contributed by atoms with Crippen molar-refractivity contribution in [1.82, 2.24) is 10.4 Å². The zero-order valence-electron chi connectivity index (χ0n) is 22.7. The lowest BCUT2D eigenvalue weighted by molar-refractivity contribution is -0.252. The van der Waals surface area contributed by atoms with Gasteiger partial charge in [0, 0.05) is 43.6 Å².